The van der Waals surface area contributed by atoms with Gasteiger partial charge in [-0.2, -0.15) is 0 Å². The maximum absolute atomic E-state index is 13.2. The van der Waals surface area contributed by atoms with Crippen LogP contribution in [-0.4, -0.2) is 30.8 Å². The van der Waals surface area contributed by atoms with E-state index in [4.69, 9.17) is 4.52 Å². The second kappa shape index (κ2) is 9.05. The summed E-state index contributed by atoms with van der Waals surface area (Å²) in [7, 11) is 0. The van der Waals surface area contributed by atoms with Gasteiger partial charge in [0, 0.05) is 25.2 Å². The summed E-state index contributed by atoms with van der Waals surface area (Å²) >= 11 is 0. The Balaban J connectivity index is 1.84. The Morgan fingerprint density at radius 2 is 2.08 bits per heavy atom. The average Bonchev–Trinajstić information content (AvgIpc) is 2.87. The Labute approximate surface area is 142 Å². The summed E-state index contributed by atoms with van der Waals surface area (Å²) in [5.41, 5.74) is 3.01. The van der Waals surface area contributed by atoms with Crippen LogP contribution in [0.4, 0.5) is 4.39 Å². The van der Waals surface area contributed by atoms with Crippen molar-refractivity contribution in [2.24, 2.45) is 4.99 Å². The smallest absolute Gasteiger partial charge is 0.191 e. The molecule has 5 nitrogen and oxygen atoms in total. The summed E-state index contributed by atoms with van der Waals surface area (Å²) in [6.45, 7) is 8.02. The van der Waals surface area contributed by atoms with Gasteiger partial charge in [-0.1, -0.05) is 17.3 Å². The molecule has 0 aliphatic rings. The maximum Gasteiger partial charge on any atom is 0.191 e. The third kappa shape index (κ3) is 5.37. The molecule has 1 heterocycles. The molecule has 2 aromatic rings. The van der Waals surface area contributed by atoms with Crippen LogP contribution >= 0.6 is 0 Å². The number of hydrogen-bond donors (Lipinski definition) is 2. The second-order valence-corrected chi connectivity index (χ2v) is 5.62. The zero-order valence-electron chi connectivity index (χ0n) is 14.5. The standard InChI is InChI=1S/C18H25FN4O/c1-4-20-18(21-10-8-15-6-5-7-16(19)12-15)22-11-9-17-13(2)23-24-14(17)3/h5-7,12H,4,8-11H2,1-3H3,(H2,20,21,22). The van der Waals surface area contributed by atoms with Crippen LogP contribution < -0.4 is 10.6 Å². The number of nitrogens with zero attached hydrogens (tertiary/aromatic N) is 2. The van der Waals surface area contributed by atoms with Gasteiger partial charge in [0.25, 0.3) is 0 Å². The highest BCUT2D eigenvalue weighted by molar-refractivity contribution is 5.79. The van der Waals surface area contributed by atoms with E-state index >= 15 is 0 Å². The fraction of sp³-hybridized carbons (Fsp3) is 0.444. The molecule has 6 heteroatoms. The summed E-state index contributed by atoms with van der Waals surface area (Å²) in [5.74, 6) is 1.42. The van der Waals surface area contributed by atoms with Gasteiger partial charge in [-0.3, -0.25) is 4.99 Å². The molecule has 24 heavy (non-hydrogen) atoms. The number of nitrogens with one attached hydrogen (secondary N) is 2. The lowest BCUT2D eigenvalue weighted by Crippen LogP contribution is -2.38. The highest BCUT2D eigenvalue weighted by Gasteiger charge is 2.08. The predicted octanol–water partition coefficient (Wildman–Crippen LogP) is 2.77. The van der Waals surface area contributed by atoms with Gasteiger partial charge >= 0.3 is 0 Å². The molecule has 1 aromatic carbocycles. The third-order valence-corrected chi connectivity index (χ3v) is 3.75. The van der Waals surface area contributed by atoms with E-state index < -0.39 is 0 Å². The highest BCUT2D eigenvalue weighted by Crippen LogP contribution is 2.12. The predicted molar refractivity (Wildman–Crippen MR) is 93.8 cm³/mol. The minimum absolute atomic E-state index is 0.201. The van der Waals surface area contributed by atoms with Crippen molar-refractivity contribution < 1.29 is 8.91 Å². The molecule has 0 aliphatic carbocycles. The number of rotatable bonds is 7. The Kier molecular flexibility index (Phi) is 6.78. The van der Waals surface area contributed by atoms with Crippen LogP contribution in [0.15, 0.2) is 33.8 Å². The van der Waals surface area contributed by atoms with E-state index in [2.05, 4.69) is 20.8 Å². The Bertz CT molecular complexity index is 662. The van der Waals surface area contributed by atoms with Crippen LogP contribution in [0.3, 0.4) is 0 Å². The van der Waals surface area contributed by atoms with Crippen molar-refractivity contribution in [3.63, 3.8) is 0 Å². The summed E-state index contributed by atoms with van der Waals surface area (Å²) in [6, 6.07) is 6.67. The lowest BCUT2D eigenvalue weighted by atomic mass is 10.1. The van der Waals surface area contributed by atoms with Gasteiger partial charge in [0.15, 0.2) is 5.96 Å². The molecule has 0 radical (unpaired) electrons. The van der Waals surface area contributed by atoms with Gasteiger partial charge in [0.2, 0.25) is 0 Å². The molecule has 2 N–H and O–H groups in total. The number of hydrogen-bond acceptors (Lipinski definition) is 3. The van der Waals surface area contributed by atoms with Crippen LogP contribution in [0.25, 0.3) is 0 Å². The zero-order valence-corrected chi connectivity index (χ0v) is 14.5. The highest BCUT2D eigenvalue weighted by atomic mass is 19.1. The van der Waals surface area contributed by atoms with Crippen molar-refractivity contribution in [2.75, 3.05) is 19.6 Å². The quantitative estimate of drug-likeness (QED) is 0.604. The van der Waals surface area contributed by atoms with Gasteiger partial charge in [-0.15, -0.1) is 0 Å². The Morgan fingerprint density at radius 3 is 2.75 bits per heavy atom. The van der Waals surface area contributed by atoms with E-state index in [0.717, 1.165) is 47.9 Å². The minimum atomic E-state index is -0.201. The topological polar surface area (TPSA) is 62.5 Å². The van der Waals surface area contributed by atoms with E-state index in [9.17, 15) is 4.39 Å². The molecule has 0 fully saturated rings. The monoisotopic (exact) mass is 332 g/mol. The second-order valence-electron chi connectivity index (χ2n) is 5.62. The first kappa shape index (κ1) is 18.0. The Morgan fingerprint density at radius 1 is 1.25 bits per heavy atom. The maximum atomic E-state index is 13.2. The summed E-state index contributed by atoms with van der Waals surface area (Å²) in [5, 5.41) is 10.4. The molecule has 0 amide bonds. The number of benzene rings is 1. The van der Waals surface area contributed by atoms with Gasteiger partial charge in [0.1, 0.15) is 11.6 Å². The van der Waals surface area contributed by atoms with Gasteiger partial charge in [-0.05, 0) is 51.3 Å². The molecule has 0 spiro atoms. The van der Waals surface area contributed by atoms with Crippen LogP contribution in [0.5, 0.6) is 0 Å². The average molecular weight is 332 g/mol. The number of aryl methyl sites for hydroxylation is 2. The van der Waals surface area contributed by atoms with Crippen LogP contribution in [0.2, 0.25) is 0 Å². The summed E-state index contributed by atoms with van der Waals surface area (Å²) in [6.07, 6.45) is 1.54. The first-order chi connectivity index (χ1) is 11.6. The summed E-state index contributed by atoms with van der Waals surface area (Å²) < 4.78 is 18.3. The normalized spacial score (nSPS) is 11.6. The lowest BCUT2D eigenvalue weighted by Gasteiger charge is -2.11. The molecule has 130 valence electrons. The fourth-order valence-electron chi connectivity index (χ4n) is 2.50. The fourth-order valence-corrected chi connectivity index (χ4v) is 2.50. The van der Waals surface area contributed by atoms with Crippen molar-refractivity contribution in [3.8, 4) is 0 Å². The number of aromatic nitrogens is 1. The minimum Gasteiger partial charge on any atom is -0.361 e. The van der Waals surface area contributed by atoms with Gasteiger partial charge in [0.05, 0.1) is 5.69 Å². The van der Waals surface area contributed by atoms with Crippen LogP contribution in [-0.2, 0) is 12.8 Å². The first-order valence-corrected chi connectivity index (χ1v) is 8.28. The third-order valence-electron chi connectivity index (χ3n) is 3.75. The van der Waals surface area contributed by atoms with E-state index in [1.807, 2.05) is 26.8 Å². The van der Waals surface area contributed by atoms with E-state index in [1.165, 1.54) is 6.07 Å². The molecular weight excluding hydrogens is 307 g/mol. The van der Waals surface area contributed by atoms with Gasteiger partial charge in [-0.25, -0.2) is 4.39 Å². The number of guanidine groups is 1. The number of aliphatic imine (C=N–C) groups is 1. The van der Waals surface area contributed by atoms with Crippen LogP contribution in [0.1, 0.15) is 29.5 Å². The Hall–Kier alpha value is -2.37. The van der Waals surface area contributed by atoms with Crippen molar-refractivity contribution in [3.05, 3.63) is 52.7 Å². The van der Waals surface area contributed by atoms with Crippen molar-refractivity contribution >= 4 is 5.96 Å². The van der Waals surface area contributed by atoms with Crippen molar-refractivity contribution in [2.45, 2.75) is 33.6 Å². The van der Waals surface area contributed by atoms with Crippen LogP contribution in [0, 0.1) is 19.7 Å². The molecule has 0 aliphatic heterocycles. The SMILES string of the molecule is CCNC(=NCCc1c(C)noc1C)NCCc1cccc(F)c1. The largest absolute Gasteiger partial charge is 0.361 e. The van der Waals surface area contributed by atoms with Crippen molar-refractivity contribution in [1.82, 2.24) is 15.8 Å². The molecular formula is C18H25FN4O. The molecule has 0 bridgehead atoms. The molecule has 0 saturated heterocycles. The summed E-state index contributed by atoms with van der Waals surface area (Å²) in [4.78, 5) is 4.57. The molecule has 1 aromatic heterocycles. The molecule has 2 rings (SSSR count). The molecule has 0 unspecified atom stereocenters. The molecule has 0 atom stereocenters. The van der Waals surface area contributed by atoms with E-state index in [0.29, 0.717) is 13.1 Å². The van der Waals surface area contributed by atoms with E-state index in [1.54, 1.807) is 12.1 Å². The lowest BCUT2D eigenvalue weighted by molar-refractivity contribution is 0.392. The van der Waals surface area contributed by atoms with Gasteiger partial charge < -0.3 is 15.2 Å². The molecule has 0 saturated carbocycles. The van der Waals surface area contributed by atoms with E-state index in [-0.39, 0.29) is 5.82 Å². The van der Waals surface area contributed by atoms with Crippen molar-refractivity contribution in [1.29, 1.82) is 0 Å². The number of halogens is 1. The first-order valence-electron chi connectivity index (χ1n) is 8.28. The zero-order chi connectivity index (χ0) is 17.4.